The van der Waals surface area contributed by atoms with E-state index in [9.17, 15) is 4.79 Å². The van der Waals surface area contributed by atoms with E-state index in [2.05, 4.69) is 10.2 Å². The molecule has 0 saturated heterocycles. The Balaban J connectivity index is 1.97. The van der Waals surface area contributed by atoms with E-state index in [1.807, 2.05) is 68.7 Å². The number of nitrogens with one attached hydrogen (secondary N) is 1. The van der Waals surface area contributed by atoms with Gasteiger partial charge in [0.25, 0.3) is 0 Å². The average molecular weight is 324 g/mol. The molecule has 0 aromatic heterocycles. The molecule has 23 heavy (non-hydrogen) atoms. The fraction of sp³-hybridized carbons (Fsp3) is 0.211. The van der Waals surface area contributed by atoms with E-state index < -0.39 is 0 Å². The second-order valence-electron chi connectivity index (χ2n) is 5.73. The van der Waals surface area contributed by atoms with Crippen molar-refractivity contribution >= 4 is 23.2 Å². The number of allylic oxidation sites excluding steroid dienone is 1. The van der Waals surface area contributed by atoms with Gasteiger partial charge in [-0.05, 0) is 31.8 Å². The fourth-order valence-electron chi connectivity index (χ4n) is 2.51. The van der Waals surface area contributed by atoms with Crippen LogP contribution in [-0.4, -0.2) is 37.9 Å². The topological polar surface area (TPSA) is 32.3 Å². The van der Waals surface area contributed by atoms with E-state index in [4.69, 9.17) is 0 Å². The van der Waals surface area contributed by atoms with Crippen LogP contribution in [0.25, 0.3) is 5.70 Å². The molecule has 1 heterocycles. The highest BCUT2D eigenvalue weighted by Gasteiger charge is 2.28. The predicted octanol–water partition coefficient (Wildman–Crippen LogP) is 3.50. The number of likely N-dealkylation sites (N-methyl/N-ethyl adjacent to an activating group) is 1. The van der Waals surface area contributed by atoms with Crippen molar-refractivity contribution in [3.8, 4) is 0 Å². The standard InChI is InChI=1S/C19H20N2OS/c1-21(2)13-12-20-17(14-8-4-3-5-9-14)19-18(22)15-10-6-7-11-16(15)23-19/h3-11,20H,12-13H2,1-2H3/b19-17+. The van der Waals surface area contributed by atoms with Gasteiger partial charge in [0.05, 0.1) is 10.6 Å². The van der Waals surface area contributed by atoms with Gasteiger partial charge in [-0.1, -0.05) is 54.2 Å². The molecule has 0 aliphatic carbocycles. The van der Waals surface area contributed by atoms with Crippen molar-refractivity contribution in [2.24, 2.45) is 0 Å². The van der Waals surface area contributed by atoms with E-state index in [1.54, 1.807) is 11.8 Å². The number of benzene rings is 2. The molecule has 4 heteroatoms. The van der Waals surface area contributed by atoms with Gasteiger partial charge >= 0.3 is 0 Å². The van der Waals surface area contributed by atoms with E-state index in [1.165, 1.54) is 0 Å². The summed E-state index contributed by atoms with van der Waals surface area (Å²) in [5.74, 6) is 0.113. The monoisotopic (exact) mass is 324 g/mol. The molecule has 2 aromatic carbocycles. The Hall–Kier alpha value is -2.04. The Morgan fingerprint density at radius 2 is 1.74 bits per heavy atom. The predicted molar refractivity (Wildman–Crippen MR) is 96.5 cm³/mol. The summed E-state index contributed by atoms with van der Waals surface area (Å²) in [5, 5.41) is 3.47. The van der Waals surface area contributed by atoms with Crippen molar-refractivity contribution in [3.05, 3.63) is 70.6 Å². The Morgan fingerprint density at radius 3 is 2.43 bits per heavy atom. The van der Waals surface area contributed by atoms with E-state index in [0.29, 0.717) is 0 Å². The van der Waals surface area contributed by atoms with Crippen LogP contribution in [0.5, 0.6) is 0 Å². The van der Waals surface area contributed by atoms with Crippen LogP contribution in [0.3, 0.4) is 0 Å². The second kappa shape index (κ2) is 7.02. The normalized spacial score (nSPS) is 15.7. The van der Waals surface area contributed by atoms with Gasteiger partial charge in [-0.25, -0.2) is 0 Å². The lowest BCUT2D eigenvalue weighted by atomic mass is 10.1. The highest BCUT2D eigenvalue weighted by atomic mass is 32.2. The molecule has 0 unspecified atom stereocenters. The van der Waals surface area contributed by atoms with Gasteiger partial charge in [-0.3, -0.25) is 4.79 Å². The minimum absolute atomic E-state index is 0.113. The smallest absolute Gasteiger partial charge is 0.202 e. The summed E-state index contributed by atoms with van der Waals surface area (Å²) in [6.07, 6.45) is 0. The van der Waals surface area contributed by atoms with Gasteiger partial charge in [0, 0.05) is 23.5 Å². The largest absolute Gasteiger partial charge is 0.382 e. The molecular weight excluding hydrogens is 304 g/mol. The van der Waals surface area contributed by atoms with Crippen LogP contribution in [0.1, 0.15) is 15.9 Å². The minimum Gasteiger partial charge on any atom is -0.382 e. The molecule has 0 spiro atoms. The van der Waals surface area contributed by atoms with Crippen LogP contribution >= 0.6 is 11.8 Å². The van der Waals surface area contributed by atoms with E-state index in [-0.39, 0.29) is 5.78 Å². The molecule has 0 amide bonds. The number of fused-ring (bicyclic) bond motifs is 1. The number of nitrogens with zero attached hydrogens (tertiary/aromatic N) is 1. The van der Waals surface area contributed by atoms with Gasteiger partial charge < -0.3 is 10.2 Å². The highest BCUT2D eigenvalue weighted by molar-refractivity contribution is 8.05. The lowest BCUT2D eigenvalue weighted by Crippen LogP contribution is -2.26. The van der Waals surface area contributed by atoms with Crippen molar-refractivity contribution < 1.29 is 4.79 Å². The first-order valence-electron chi connectivity index (χ1n) is 7.66. The maximum atomic E-state index is 12.8. The molecule has 2 aromatic rings. The first-order chi connectivity index (χ1) is 11.2. The third-order valence-electron chi connectivity index (χ3n) is 3.70. The van der Waals surface area contributed by atoms with Crippen LogP contribution in [-0.2, 0) is 0 Å². The number of rotatable bonds is 5. The van der Waals surface area contributed by atoms with Crippen LogP contribution in [0, 0.1) is 0 Å². The van der Waals surface area contributed by atoms with E-state index >= 15 is 0 Å². The molecule has 3 rings (SSSR count). The fourth-order valence-corrected chi connectivity index (χ4v) is 3.64. The zero-order valence-corrected chi connectivity index (χ0v) is 14.2. The van der Waals surface area contributed by atoms with Crippen LogP contribution in [0.4, 0.5) is 0 Å². The lowest BCUT2D eigenvalue weighted by Gasteiger charge is -2.16. The molecule has 1 aliphatic rings. The summed E-state index contributed by atoms with van der Waals surface area (Å²) in [6, 6.07) is 17.9. The summed E-state index contributed by atoms with van der Waals surface area (Å²) < 4.78 is 0. The molecule has 118 valence electrons. The molecule has 0 saturated carbocycles. The van der Waals surface area contributed by atoms with Gasteiger partial charge in [0.1, 0.15) is 0 Å². The Labute approximate surface area is 141 Å². The average Bonchev–Trinajstić information content (AvgIpc) is 2.89. The third-order valence-corrected chi connectivity index (χ3v) is 4.87. The molecule has 0 bridgehead atoms. The van der Waals surface area contributed by atoms with Crippen molar-refractivity contribution in [2.75, 3.05) is 27.2 Å². The SMILES string of the molecule is CN(C)CCN/C(=C1/Sc2ccccc2C1=O)c1ccccc1. The number of carbonyl (C=O) groups excluding carboxylic acids is 1. The van der Waals surface area contributed by atoms with Crippen molar-refractivity contribution in [2.45, 2.75) is 4.90 Å². The third kappa shape index (κ3) is 3.49. The molecule has 0 fully saturated rings. The maximum Gasteiger partial charge on any atom is 0.202 e. The summed E-state index contributed by atoms with van der Waals surface area (Å²) >= 11 is 1.56. The quantitative estimate of drug-likeness (QED) is 0.853. The Bertz CT molecular complexity index is 738. The Morgan fingerprint density at radius 1 is 1.04 bits per heavy atom. The summed E-state index contributed by atoms with van der Waals surface area (Å²) in [6.45, 7) is 1.71. The minimum atomic E-state index is 0.113. The number of Topliss-reactive ketones (excluding diaryl/α,β-unsaturated/α-hetero) is 1. The van der Waals surface area contributed by atoms with Crippen molar-refractivity contribution in [1.82, 2.24) is 10.2 Å². The summed E-state index contributed by atoms with van der Waals surface area (Å²) in [7, 11) is 4.09. The zero-order chi connectivity index (χ0) is 16.2. The van der Waals surface area contributed by atoms with E-state index in [0.717, 1.165) is 39.7 Å². The lowest BCUT2D eigenvalue weighted by molar-refractivity contribution is 0.104. The number of carbonyl (C=O) groups is 1. The highest BCUT2D eigenvalue weighted by Crippen LogP contribution is 2.42. The van der Waals surface area contributed by atoms with Crippen LogP contribution in [0.15, 0.2) is 64.4 Å². The molecule has 3 nitrogen and oxygen atoms in total. The first kappa shape index (κ1) is 15.8. The van der Waals surface area contributed by atoms with Gasteiger partial charge in [0.15, 0.2) is 0 Å². The molecule has 1 aliphatic heterocycles. The van der Waals surface area contributed by atoms with Crippen LogP contribution < -0.4 is 5.32 Å². The van der Waals surface area contributed by atoms with Gasteiger partial charge in [0.2, 0.25) is 5.78 Å². The Kier molecular flexibility index (Phi) is 4.84. The maximum absolute atomic E-state index is 12.8. The van der Waals surface area contributed by atoms with Gasteiger partial charge in [-0.15, -0.1) is 0 Å². The number of hydrogen-bond acceptors (Lipinski definition) is 4. The molecule has 0 radical (unpaired) electrons. The van der Waals surface area contributed by atoms with Gasteiger partial charge in [-0.2, -0.15) is 0 Å². The summed E-state index contributed by atoms with van der Waals surface area (Å²) in [5.41, 5.74) is 2.78. The number of thioether (sulfide) groups is 1. The van der Waals surface area contributed by atoms with Crippen molar-refractivity contribution in [3.63, 3.8) is 0 Å². The molecule has 0 atom stereocenters. The molecule has 1 N–H and O–H groups in total. The molecular formula is C19H20N2OS. The first-order valence-corrected chi connectivity index (χ1v) is 8.48. The second-order valence-corrected chi connectivity index (χ2v) is 6.78. The number of ketones is 1. The summed E-state index contributed by atoms with van der Waals surface area (Å²) in [4.78, 5) is 16.7. The number of hydrogen-bond donors (Lipinski definition) is 1. The van der Waals surface area contributed by atoms with Crippen LogP contribution in [0.2, 0.25) is 0 Å². The van der Waals surface area contributed by atoms with Crippen molar-refractivity contribution in [1.29, 1.82) is 0 Å². The zero-order valence-electron chi connectivity index (χ0n) is 13.4.